The molecule has 6 heteroatoms. The minimum absolute atomic E-state index is 0. The Bertz CT molecular complexity index is 512. The molecule has 0 spiro atoms. The summed E-state index contributed by atoms with van der Waals surface area (Å²) in [5.41, 5.74) is 3.94. The molecule has 0 saturated heterocycles. The molecule has 0 bridgehead atoms. The molecule has 2 rings (SSSR count). The van der Waals surface area contributed by atoms with Crippen LogP contribution in [0.5, 0.6) is 0 Å². The van der Waals surface area contributed by atoms with E-state index in [2.05, 4.69) is 48.0 Å². The second-order valence-electron chi connectivity index (χ2n) is 3.73. The fraction of sp³-hybridized carbons (Fsp3) is 0.143. The van der Waals surface area contributed by atoms with Crippen LogP contribution < -0.4 is 5.32 Å². The molecule has 4 nitrogen and oxygen atoms in total. The number of thiophene rings is 1. The van der Waals surface area contributed by atoms with Crippen LogP contribution in [0.4, 0.5) is 0 Å². The van der Waals surface area contributed by atoms with Gasteiger partial charge < -0.3 is 15.2 Å². The van der Waals surface area contributed by atoms with Gasteiger partial charge in [-0.05, 0) is 34.9 Å². The zero-order valence-corrected chi connectivity index (χ0v) is 13.9. The molecular formula is C14H14FmNO3S-. The average molecular weight is 533 g/mol. The number of hydrogen-bond acceptors (Lipinski definition) is 3. The minimum atomic E-state index is -1.07. The Morgan fingerprint density at radius 3 is 2.30 bits per heavy atom. The first-order valence-electron chi connectivity index (χ1n) is 5.54. The third kappa shape index (κ3) is 5.97. The van der Waals surface area contributed by atoms with Gasteiger partial charge in [0, 0.05) is 0 Å². The quantitative estimate of drug-likeness (QED) is 0.469. The van der Waals surface area contributed by atoms with Gasteiger partial charge in [0.2, 0.25) is 0 Å². The van der Waals surface area contributed by atoms with E-state index in [0.717, 1.165) is 0 Å². The Kier molecular flexibility index (Phi) is 7.49. The maximum absolute atomic E-state index is 9.52. The molecule has 1 amide bonds. The fourth-order valence-corrected chi connectivity index (χ4v) is 1.95. The van der Waals surface area contributed by atoms with Gasteiger partial charge >= 0.3 is 5.97 Å². The summed E-state index contributed by atoms with van der Waals surface area (Å²) in [5, 5.41) is 13.9. The summed E-state index contributed by atoms with van der Waals surface area (Å²) in [6.07, 6.45) is 1.22. The number of benzene rings is 1. The monoisotopic (exact) mass is 533 g/mol. The number of carbonyl (C=O) groups is 1. The van der Waals surface area contributed by atoms with E-state index in [1.54, 1.807) is 11.3 Å². The summed E-state index contributed by atoms with van der Waals surface area (Å²) >= 11 is 1.74. The van der Waals surface area contributed by atoms with Crippen molar-refractivity contribution >= 4 is 23.7 Å². The van der Waals surface area contributed by atoms with Crippen LogP contribution in [0, 0.1) is 6.92 Å². The van der Waals surface area contributed by atoms with Crippen molar-refractivity contribution in [2.24, 2.45) is 0 Å². The zero-order chi connectivity index (χ0) is 14.1. The molecule has 1 aromatic heterocycles. The van der Waals surface area contributed by atoms with Crippen LogP contribution in [0.25, 0.3) is 11.1 Å². The Hall–Kier alpha value is -3.14. The molecule has 0 atom stereocenters. The molecule has 0 unspecified atom stereocenters. The van der Waals surface area contributed by atoms with Crippen molar-refractivity contribution in [1.82, 2.24) is 5.32 Å². The van der Waals surface area contributed by atoms with Crippen LogP contribution in [0.3, 0.4) is 0 Å². The molecule has 112 valence electrons. The topological polar surface area (TPSA) is 66.4 Å². The van der Waals surface area contributed by atoms with Crippen LogP contribution in [0.1, 0.15) is 5.56 Å². The molecule has 1 heterocycles. The smallest absolute Gasteiger partial charge is 0.320 e. The van der Waals surface area contributed by atoms with Gasteiger partial charge in [0.25, 0.3) is 0 Å². The third-order valence-electron chi connectivity index (χ3n) is 2.22. The number of carboxylic acid groups (broad SMARTS) is 1. The molecule has 2 N–H and O–H groups in total. The van der Waals surface area contributed by atoms with Gasteiger partial charge in [-0.2, -0.15) is 17.7 Å². The predicted octanol–water partition coefficient (Wildman–Crippen LogP) is 2.45. The number of rotatable bonds is 4. The van der Waals surface area contributed by atoms with Crippen LogP contribution in [0.2, 0.25) is 0 Å². The van der Waals surface area contributed by atoms with Crippen molar-refractivity contribution in [3.8, 4) is 11.1 Å². The molecule has 0 aliphatic carbocycles. The fourth-order valence-electron chi connectivity index (χ4n) is 1.29. The summed E-state index contributed by atoms with van der Waals surface area (Å²) in [6.45, 7) is 1.75. The molecule has 0 saturated carbocycles. The van der Waals surface area contributed by atoms with Gasteiger partial charge in [-0.15, -0.1) is 0 Å². The Morgan fingerprint density at radius 2 is 1.90 bits per heavy atom. The second-order valence-corrected chi connectivity index (χ2v) is 4.51. The van der Waals surface area contributed by atoms with Crippen molar-refractivity contribution in [3.63, 3.8) is 0 Å². The number of nitrogens with one attached hydrogen (secondary N) is 1. The maximum atomic E-state index is 9.52. The van der Waals surface area contributed by atoms with E-state index in [1.807, 2.05) is 5.32 Å². The predicted molar refractivity (Wildman–Crippen MR) is 75.8 cm³/mol. The van der Waals surface area contributed by atoms with Crippen molar-refractivity contribution in [2.45, 2.75) is 6.92 Å². The summed E-state index contributed by atoms with van der Waals surface area (Å²) in [7, 11) is 0. The molecular weight excluding hydrogens is 519 g/mol. The Morgan fingerprint density at radius 1 is 1.25 bits per heavy atom. The molecule has 20 heavy (non-hydrogen) atoms. The van der Waals surface area contributed by atoms with Crippen molar-refractivity contribution in [3.05, 3.63) is 46.7 Å². The average Bonchev–Trinajstić information content (AvgIpc) is 2.92. The van der Waals surface area contributed by atoms with Crippen LogP contribution in [-0.2, 0) is 9.59 Å². The van der Waals surface area contributed by atoms with Crippen LogP contribution in [0.15, 0.2) is 41.1 Å². The Labute approximate surface area is 115 Å². The summed E-state index contributed by atoms with van der Waals surface area (Å²) in [6, 6.07) is 10.8. The first kappa shape index (κ1) is 16.9. The minimum Gasteiger partial charge on any atom is -0.521 e. The number of aryl methyl sites for hydroxylation is 1. The molecule has 2 aromatic rings. The molecule has 0 aliphatic rings. The largest absolute Gasteiger partial charge is 0.521 e. The molecule has 1 aromatic carbocycles. The van der Waals surface area contributed by atoms with E-state index in [-0.39, 0.29) is 6.54 Å². The van der Waals surface area contributed by atoms with Gasteiger partial charge in [-0.25, -0.2) is 0 Å². The van der Waals surface area contributed by atoms with Gasteiger partial charge in [0.15, 0.2) is 0 Å². The van der Waals surface area contributed by atoms with Gasteiger partial charge in [0.1, 0.15) is 0 Å². The van der Waals surface area contributed by atoms with E-state index >= 15 is 0 Å². The second kappa shape index (κ2) is 8.88. The SMILES string of the molecule is Cc1ccc(-c2ccsc2)cc1.O=[C-]NCC(=O)O.[Fm]. The zero-order valence-electron chi connectivity index (χ0n) is 10.7. The molecule has 0 radical (unpaired) electrons. The maximum Gasteiger partial charge on any atom is 0.320 e. The van der Waals surface area contributed by atoms with Gasteiger partial charge in [-0.1, -0.05) is 29.8 Å². The van der Waals surface area contributed by atoms with Crippen molar-refractivity contribution < 1.29 is 14.7 Å². The first-order chi connectivity index (χ1) is 9.13. The molecule has 0 aliphatic heterocycles. The van der Waals surface area contributed by atoms with Gasteiger partial charge in [-0.3, -0.25) is 4.79 Å². The standard InChI is InChI=1S/C11H10S.C3H4NO3.Fm/c1-9-2-4-10(5-3-9)11-6-7-12-8-11;5-2-4-1-3(6)7;/h2-8H,1H3;1H2,(H,4,5)(H,6,7);/q;-1;. The van der Waals surface area contributed by atoms with Crippen molar-refractivity contribution in [1.29, 1.82) is 0 Å². The van der Waals surface area contributed by atoms with E-state index in [9.17, 15) is 9.59 Å². The first-order valence-corrected chi connectivity index (χ1v) is 6.49. The summed E-state index contributed by atoms with van der Waals surface area (Å²) in [4.78, 5) is 18.7. The van der Waals surface area contributed by atoms with Gasteiger partial charge in [0.05, 0.1) is 6.54 Å². The normalized spacial score (nSPS) is 8.65. The number of carbonyl (C=O) groups excluding carboxylic acids is 1. The van der Waals surface area contributed by atoms with Crippen LogP contribution in [-0.4, -0.2) is 24.0 Å². The summed E-state index contributed by atoms with van der Waals surface area (Å²) < 4.78 is 0. The molecule has 0 fully saturated rings. The summed E-state index contributed by atoms with van der Waals surface area (Å²) in [5.74, 6) is -1.07. The number of aliphatic carboxylic acids is 1. The number of carboxylic acids is 1. The van der Waals surface area contributed by atoms with E-state index in [1.165, 1.54) is 23.1 Å². The number of hydrogen-bond donors (Lipinski definition) is 2. The van der Waals surface area contributed by atoms with E-state index in [0.29, 0.717) is 0 Å². The Balaban J connectivity index is 0.000000396. The number of amides is 1. The van der Waals surface area contributed by atoms with E-state index < -0.39 is 5.97 Å². The third-order valence-corrected chi connectivity index (χ3v) is 2.90. The van der Waals surface area contributed by atoms with Crippen molar-refractivity contribution in [2.75, 3.05) is 6.54 Å². The van der Waals surface area contributed by atoms with Crippen LogP contribution >= 0.6 is 11.3 Å². The van der Waals surface area contributed by atoms with E-state index in [4.69, 9.17) is 5.11 Å².